The SMILES string of the molecule is C[Si](C)(C)CCOCn1cc(-c2ccc(-c3ccc(-c4cn(COCC[Si](C)(C)C)c(N5CCCN5C(=O)OCc5ccccc5)n4)cc3)cc2)nc1N1CCCN1C(=O)OCc1ccccc1. The van der Waals surface area contributed by atoms with Gasteiger partial charge in [0.15, 0.2) is 0 Å². The Hall–Kier alpha value is -6.21. The summed E-state index contributed by atoms with van der Waals surface area (Å²) in [4.78, 5) is 37.1. The molecule has 0 spiro atoms. The molecule has 14 nitrogen and oxygen atoms in total. The van der Waals surface area contributed by atoms with Crippen molar-refractivity contribution in [1.29, 1.82) is 0 Å². The van der Waals surface area contributed by atoms with Crippen LogP contribution in [0.4, 0.5) is 21.5 Å². The fraction of sp³-hybridized carbons (Fsp3) is 0.385. The summed E-state index contributed by atoms with van der Waals surface area (Å²) >= 11 is 0. The fourth-order valence-electron chi connectivity index (χ4n) is 8.05. The molecule has 0 N–H and O–H groups in total. The van der Waals surface area contributed by atoms with Crippen molar-refractivity contribution in [2.45, 2.75) is 90.9 Å². The molecule has 2 amide bonds. The van der Waals surface area contributed by atoms with Crippen LogP contribution in [0.2, 0.25) is 51.4 Å². The highest BCUT2D eigenvalue weighted by molar-refractivity contribution is 6.76. The summed E-state index contributed by atoms with van der Waals surface area (Å²) in [5, 5.41) is 7.15. The molecule has 8 rings (SSSR count). The minimum Gasteiger partial charge on any atom is -0.443 e. The summed E-state index contributed by atoms with van der Waals surface area (Å²) in [6.07, 6.45) is 4.82. The maximum Gasteiger partial charge on any atom is 0.429 e. The van der Waals surface area contributed by atoms with Crippen LogP contribution in [0, 0.1) is 0 Å². The van der Waals surface area contributed by atoms with Gasteiger partial charge in [-0.05, 0) is 47.2 Å². The fourth-order valence-corrected chi connectivity index (χ4v) is 9.56. The number of anilines is 2. The van der Waals surface area contributed by atoms with E-state index in [2.05, 4.69) is 87.8 Å². The van der Waals surface area contributed by atoms with E-state index >= 15 is 0 Å². The number of rotatable bonds is 19. The van der Waals surface area contributed by atoms with E-state index in [1.807, 2.05) is 92.2 Å². The number of carbonyl (C=O) groups excluding carboxylic acids is 2. The molecule has 4 aromatic carbocycles. The summed E-state index contributed by atoms with van der Waals surface area (Å²) < 4.78 is 28.0. The van der Waals surface area contributed by atoms with E-state index in [-0.39, 0.29) is 13.2 Å². The Morgan fingerprint density at radius 2 is 0.868 bits per heavy atom. The predicted octanol–water partition coefficient (Wildman–Crippen LogP) is 11.2. The van der Waals surface area contributed by atoms with Gasteiger partial charge in [-0.3, -0.25) is 9.13 Å². The Labute approximate surface area is 403 Å². The van der Waals surface area contributed by atoms with Gasteiger partial charge >= 0.3 is 12.2 Å². The molecular weight excluding hydrogens is 889 g/mol. The first kappa shape index (κ1) is 48.3. The lowest BCUT2D eigenvalue weighted by Gasteiger charge is -2.28. The summed E-state index contributed by atoms with van der Waals surface area (Å²) in [5.74, 6) is 1.29. The summed E-state index contributed by atoms with van der Waals surface area (Å²) in [7, 11) is -2.58. The Morgan fingerprint density at radius 1 is 0.500 bits per heavy atom. The standard InChI is InChI=1S/C52H66N8O6Si2/c1-67(2,3)33-31-63-39-55-35-47(53-49(55)57-27-13-29-59(57)51(61)65-37-41-15-9-7-10-16-41)45-23-19-43(20-24-45)44-21-25-46(26-22-44)48-36-56(40-64-32-34-68(4,5)6)50(54-48)58-28-14-30-60(58)52(62)66-38-42-17-11-8-12-18-42/h7-12,15-26,35-36H,13-14,27-34,37-40H2,1-6H3. The van der Waals surface area contributed by atoms with Crippen molar-refractivity contribution in [2.24, 2.45) is 0 Å². The van der Waals surface area contributed by atoms with Crippen LogP contribution >= 0.6 is 0 Å². The second-order valence-corrected chi connectivity index (χ2v) is 31.2. The van der Waals surface area contributed by atoms with Crippen molar-refractivity contribution < 1.29 is 28.5 Å². The molecule has 0 unspecified atom stereocenters. The number of hydrogen-bond donors (Lipinski definition) is 0. The molecule has 0 aliphatic carbocycles. The molecule has 6 aromatic rings. The number of hydrogen-bond acceptors (Lipinski definition) is 10. The molecule has 68 heavy (non-hydrogen) atoms. The van der Waals surface area contributed by atoms with Gasteiger partial charge in [0, 0.05) is 79.1 Å². The minimum atomic E-state index is -1.29. The molecule has 16 heteroatoms. The zero-order chi connectivity index (χ0) is 47.7. The second-order valence-electron chi connectivity index (χ2n) is 19.9. The molecular formula is C52H66N8O6Si2. The van der Waals surface area contributed by atoms with Crippen LogP contribution in [-0.2, 0) is 45.6 Å². The van der Waals surface area contributed by atoms with Crippen molar-refractivity contribution in [2.75, 3.05) is 49.4 Å². The van der Waals surface area contributed by atoms with Gasteiger partial charge in [-0.2, -0.15) is 0 Å². The van der Waals surface area contributed by atoms with Gasteiger partial charge < -0.3 is 18.9 Å². The Kier molecular flexibility index (Phi) is 15.5. The molecule has 0 radical (unpaired) electrons. The van der Waals surface area contributed by atoms with Crippen LogP contribution < -0.4 is 10.0 Å². The van der Waals surface area contributed by atoms with Crippen molar-refractivity contribution in [3.05, 3.63) is 133 Å². The Balaban J connectivity index is 0.984. The average molecular weight is 955 g/mol. The van der Waals surface area contributed by atoms with Gasteiger partial charge in [0.1, 0.15) is 26.7 Å². The van der Waals surface area contributed by atoms with Gasteiger partial charge in [-0.1, -0.05) is 148 Å². The monoisotopic (exact) mass is 954 g/mol. The minimum absolute atomic E-state index is 0.200. The number of imidazole rings is 2. The first-order valence-electron chi connectivity index (χ1n) is 23.8. The lowest BCUT2D eigenvalue weighted by molar-refractivity contribution is 0.0837. The maximum absolute atomic E-state index is 13.4. The lowest BCUT2D eigenvalue weighted by atomic mass is 10.0. The van der Waals surface area contributed by atoms with Crippen LogP contribution in [0.1, 0.15) is 24.0 Å². The first-order valence-corrected chi connectivity index (χ1v) is 31.2. The molecule has 358 valence electrons. The lowest BCUT2D eigenvalue weighted by Crippen LogP contribution is -2.43. The van der Waals surface area contributed by atoms with Gasteiger partial charge in [-0.25, -0.2) is 39.6 Å². The number of aromatic nitrogens is 4. The number of nitrogens with zero attached hydrogens (tertiary/aromatic N) is 8. The molecule has 2 aromatic heterocycles. The van der Waals surface area contributed by atoms with E-state index in [0.717, 1.165) is 69.7 Å². The van der Waals surface area contributed by atoms with Crippen molar-refractivity contribution in [3.63, 3.8) is 0 Å². The highest BCUT2D eigenvalue weighted by Crippen LogP contribution is 2.32. The Morgan fingerprint density at radius 3 is 1.24 bits per heavy atom. The smallest absolute Gasteiger partial charge is 0.429 e. The highest BCUT2D eigenvalue weighted by Gasteiger charge is 2.33. The van der Waals surface area contributed by atoms with E-state index in [1.54, 1.807) is 10.0 Å². The Bertz CT molecular complexity index is 2400. The summed E-state index contributed by atoms with van der Waals surface area (Å²) in [6, 6.07) is 38.3. The van der Waals surface area contributed by atoms with E-state index in [4.69, 9.17) is 28.9 Å². The molecule has 2 aliphatic rings. The molecule has 0 saturated carbocycles. The predicted molar refractivity (Wildman–Crippen MR) is 273 cm³/mol. The maximum atomic E-state index is 13.4. The summed E-state index contributed by atoms with van der Waals surface area (Å²) in [5.41, 5.74) is 7.48. The van der Waals surface area contributed by atoms with Crippen molar-refractivity contribution in [3.8, 4) is 33.6 Å². The van der Waals surface area contributed by atoms with Crippen LogP contribution in [0.3, 0.4) is 0 Å². The van der Waals surface area contributed by atoms with E-state index < -0.39 is 28.3 Å². The van der Waals surface area contributed by atoms with Crippen LogP contribution in [0.5, 0.6) is 0 Å². The third kappa shape index (κ3) is 12.7. The van der Waals surface area contributed by atoms with Crippen LogP contribution in [-0.4, -0.2) is 96.8 Å². The number of benzene rings is 4. The molecule has 2 saturated heterocycles. The first-order chi connectivity index (χ1) is 32.8. The number of ether oxygens (including phenoxy) is 4. The van der Waals surface area contributed by atoms with Gasteiger partial charge in [0.25, 0.3) is 0 Å². The summed E-state index contributed by atoms with van der Waals surface area (Å²) in [6.45, 7) is 18.8. The van der Waals surface area contributed by atoms with E-state index in [1.165, 1.54) is 0 Å². The third-order valence-corrected chi connectivity index (χ3v) is 15.4. The molecule has 0 atom stereocenters. The van der Waals surface area contributed by atoms with Gasteiger partial charge in [-0.15, -0.1) is 0 Å². The molecule has 0 bridgehead atoms. The quantitative estimate of drug-likeness (QED) is 0.0573. The van der Waals surface area contributed by atoms with Gasteiger partial charge in [0.05, 0.1) is 11.4 Å². The van der Waals surface area contributed by atoms with Crippen LogP contribution in [0.15, 0.2) is 122 Å². The van der Waals surface area contributed by atoms with Gasteiger partial charge in [0.2, 0.25) is 11.9 Å². The largest absolute Gasteiger partial charge is 0.443 e. The second kappa shape index (κ2) is 21.8. The normalized spacial score (nSPS) is 14.3. The highest BCUT2D eigenvalue weighted by atomic mass is 28.3. The number of carbonyl (C=O) groups is 2. The van der Waals surface area contributed by atoms with Crippen LogP contribution in [0.25, 0.3) is 33.6 Å². The van der Waals surface area contributed by atoms with E-state index in [9.17, 15) is 9.59 Å². The topological polar surface area (TPSA) is 120 Å². The third-order valence-electron chi connectivity index (χ3n) is 12.0. The zero-order valence-electron chi connectivity index (χ0n) is 40.5. The molecule has 4 heterocycles. The molecule has 2 aliphatic heterocycles. The van der Waals surface area contributed by atoms with E-state index in [0.29, 0.717) is 64.8 Å². The number of hydrazine groups is 2. The number of amides is 2. The molecule has 2 fully saturated rings. The zero-order valence-corrected chi connectivity index (χ0v) is 42.5. The van der Waals surface area contributed by atoms with Crippen molar-refractivity contribution in [1.82, 2.24) is 29.1 Å². The van der Waals surface area contributed by atoms with Crippen molar-refractivity contribution >= 4 is 40.2 Å². The average Bonchev–Trinajstić information content (AvgIpc) is 4.17.